The molecule has 0 N–H and O–H groups in total. The normalized spacial score (nSPS) is 18.9. The van der Waals surface area contributed by atoms with Gasteiger partial charge in [0.1, 0.15) is 0 Å². The minimum atomic E-state index is -0.261. The lowest BCUT2D eigenvalue weighted by Crippen LogP contribution is -2.58. The number of nitrogens with zero attached hydrogens (tertiary/aromatic N) is 1. The van der Waals surface area contributed by atoms with E-state index in [1.54, 1.807) is 23.1 Å². The molecule has 1 aliphatic heterocycles. The highest BCUT2D eigenvalue weighted by atomic mass is 35.5. The molecule has 2 nitrogen and oxygen atoms in total. The number of carbonyl (C=O) groups is 1. The van der Waals surface area contributed by atoms with Gasteiger partial charge in [0.15, 0.2) is 0 Å². The van der Waals surface area contributed by atoms with Gasteiger partial charge in [0, 0.05) is 11.6 Å². The fourth-order valence-electron chi connectivity index (χ4n) is 1.70. The van der Waals surface area contributed by atoms with Crippen LogP contribution in [0.1, 0.15) is 13.8 Å². The second kappa shape index (κ2) is 3.39. The fourth-order valence-corrected chi connectivity index (χ4v) is 2.21. The molecule has 0 bridgehead atoms. The Morgan fingerprint density at radius 1 is 1.33 bits per heavy atom. The minimum Gasteiger partial charge on any atom is -0.309 e. The molecule has 1 aromatic rings. The van der Waals surface area contributed by atoms with E-state index in [-0.39, 0.29) is 11.3 Å². The summed E-state index contributed by atoms with van der Waals surface area (Å²) in [6, 6.07) is 5.16. The number of halogens is 2. The molecule has 80 valence electrons. The lowest BCUT2D eigenvalue weighted by atomic mass is 9.83. The van der Waals surface area contributed by atoms with Gasteiger partial charge >= 0.3 is 0 Å². The van der Waals surface area contributed by atoms with Crippen LogP contribution in [0.2, 0.25) is 10.0 Å². The predicted octanol–water partition coefficient (Wildman–Crippen LogP) is 3.37. The van der Waals surface area contributed by atoms with Crippen LogP contribution in [0.3, 0.4) is 0 Å². The van der Waals surface area contributed by atoms with Crippen molar-refractivity contribution in [1.29, 1.82) is 0 Å². The summed E-state index contributed by atoms with van der Waals surface area (Å²) in [6.07, 6.45) is 0. The molecule has 1 aliphatic rings. The van der Waals surface area contributed by atoms with E-state index >= 15 is 0 Å². The first-order chi connectivity index (χ1) is 6.92. The maximum absolute atomic E-state index is 11.8. The molecule has 1 saturated heterocycles. The lowest BCUT2D eigenvalue weighted by Gasteiger charge is -2.44. The van der Waals surface area contributed by atoms with Gasteiger partial charge in [0.25, 0.3) is 0 Å². The van der Waals surface area contributed by atoms with Gasteiger partial charge in [0.05, 0.1) is 16.1 Å². The zero-order valence-electron chi connectivity index (χ0n) is 8.55. The van der Waals surface area contributed by atoms with E-state index in [2.05, 4.69) is 0 Å². The average Bonchev–Trinajstić information content (AvgIpc) is 2.15. The van der Waals surface area contributed by atoms with Crippen molar-refractivity contribution >= 4 is 34.8 Å². The first-order valence-electron chi connectivity index (χ1n) is 4.69. The van der Waals surface area contributed by atoms with Crippen LogP contribution in [0.4, 0.5) is 5.69 Å². The summed E-state index contributed by atoms with van der Waals surface area (Å²) in [6.45, 7) is 4.55. The molecule has 0 radical (unpaired) electrons. The molecule has 1 aromatic carbocycles. The predicted molar refractivity (Wildman–Crippen MR) is 62.6 cm³/mol. The van der Waals surface area contributed by atoms with Crippen molar-refractivity contribution < 1.29 is 4.79 Å². The number of rotatable bonds is 1. The number of anilines is 1. The maximum Gasteiger partial charge on any atom is 0.234 e. The third-order valence-electron chi connectivity index (χ3n) is 2.58. The summed E-state index contributed by atoms with van der Waals surface area (Å²) in [4.78, 5) is 13.4. The molecule has 0 aromatic heterocycles. The van der Waals surface area contributed by atoms with Crippen molar-refractivity contribution in [2.24, 2.45) is 5.41 Å². The Bertz CT molecular complexity index is 429. The minimum absolute atomic E-state index is 0.103. The Labute approximate surface area is 98.8 Å². The van der Waals surface area contributed by atoms with Gasteiger partial charge in [-0.25, -0.2) is 0 Å². The molecule has 1 fully saturated rings. The van der Waals surface area contributed by atoms with Crippen LogP contribution >= 0.6 is 23.2 Å². The second-order valence-corrected chi connectivity index (χ2v) is 5.21. The van der Waals surface area contributed by atoms with Crippen molar-refractivity contribution in [2.75, 3.05) is 11.4 Å². The molecule has 4 heteroatoms. The summed E-state index contributed by atoms with van der Waals surface area (Å²) in [5.41, 5.74) is 0.480. The van der Waals surface area contributed by atoms with Crippen molar-refractivity contribution in [3.8, 4) is 0 Å². The Kier molecular flexibility index (Phi) is 2.44. The number of carbonyl (C=O) groups excluding carboxylic acids is 1. The van der Waals surface area contributed by atoms with E-state index in [0.29, 0.717) is 16.6 Å². The maximum atomic E-state index is 11.8. The van der Waals surface area contributed by atoms with E-state index in [4.69, 9.17) is 23.2 Å². The molecule has 0 aliphatic carbocycles. The molecule has 2 rings (SSSR count). The summed E-state index contributed by atoms with van der Waals surface area (Å²) in [7, 11) is 0. The van der Waals surface area contributed by atoms with Crippen molar-refractivity contribution in [3.63, 3.8) is 0 Å². The number of hydrogen-bond acceptors (Lipinski definition) is 1. The monoisotopic (exact) mass is 243 g/mol. The summed E-state index contributed by atoms with van der Waals surface area (Å²) < 4.78 is 0. The van der Waals surface area contributed by atoms with Gasteiger partial charge in [-0.2, -0.15) is 0 Å². The molecule has 0 spiro atoms. The van der Waals surface area contributed by atoms with Crippen LogP contribution in [0, 0.1) is 5.41 Å². The number of hydrogen-bond donors (Lipinski definition) is 0. The van der Waals surface area contributed by atoms with E-state index in [1.807, 2.05) is 13.8 Å². The number of β-lactam (4-membered cyclic amide) rings is 1. The highest BCUT2D eigenvalue weighted by Crippen LogP contribution is 2.39. The van der Waals surface area contributed by atoms with Gasteiger partial charge in [-0.3, -0.25) is 4.79 Å². The summed E-state index contributed by atoms with van der Waals surface area (Å²) in [5, 5.41) is 1.10. The van der Waals surface area contributed by atoms with Gasteiger partial charge in [-0.05, 0) is 32.0 Å². The van der Waals surface area contributed by atoms with Crippen LogP contribution in [0.5, 0.6) is 0 Å². The van der Waals surface area contributed by atoms with Gasteiger partial charge in [-0.1, -0.05) is 23.2 Å². The summed E-state index contributed by atoms with van der Waals surface area (Å²) >= 11 is 11.8. The van der Waals surface area contributed by atoms with Crippen molar-refractivity contribution in [1.82, 2.24) is 0 Å². The average molecular weight is 244 g/mol. The van der Waals surface area contributed by atoms with E-state index in [0.717, 1.165) is 5.69 Å². The Hall–Kier alpha value is -0.730. The van der Waals surface area contributed by atoms with E-state index < -0.39 is 0 Å². The molecule has 1 amide bonds. The van der Waals surface area contributed by atoms with Crippen LogP contribution in [-0.4, -0.2) is 12.5 Å². The largest absolute Gasteiger partial charge is 0.309 e. The highest BCUT2D eigenvalue weighted by molar-refractivity contribution is 6.37. The van der Waals surface area contributed by atoms with Gasteiger partial charge < -0.3 is 4.90 Å². The Morgan fingerprint density at radius 2 is 2.00 bits per heavy atom. The van der Waals surface area contributed by atoms with Crippen molar-refractivity contribution in [3.05, 3.63) is 28.2 Å². The zero-order valence-corrected chi connectivity index (χ0v) is 10.1. The first kappa shape index (κ1) is 10.8. The molecular formula is C11H11Cl2NO. The molecule has 0 saturated carbocycles. The Morgan fingerprint density at radius 3 is 2.47 bits per heavy atom. The number of benzene rings is 1. The standard InChI is InChI=1S/C11H11Cl2NO/c1-11(2)6-14(10(11)15)9-4-3-7(12)5-8(9)13/h3-5H,6H2,1-2H3. The molecule has 1 heterocycles. The second-order valence-electron chi connectivity index (χ2n) is 4.37. The zero-order chi connectivity index (χ0) is 11.2. The number of amides is 1. The van der Waals surface area contributed by atoms with E-state index in [9.17, 15) is 4.79 Å². The van der Waals surface area contributed by atoms with Crippen LogP contribution < -0.4 is 4.90 Å². The van der Waals surface area contributed by atoms with Gasteiger partial charge in [-0.15, -0.1) is 0 Å². The van der Waals surface area contributed by atoms with Crippen molar-refractivity contribution in [2.45, 2.75) is 13.8 Å². The van der Waals surface area contributed by atoms with E-state index in [1.165, 1.54) is 0 Å². The molecule has 0 unspecified atom stereocenters. The molecule has 0 atom stereocenters. The Balaban J connectivity index is 2.30. The van der Waals surface area contributed by atoms with Gasteiger partial charge in [0.2, 0.25) is 5.91 Å². The quantitative estimate of drug-likeness (QED) is 0.693. The lowest BCUT2D eigenvalue weighted by molar-refractivity contribution is -0.132. The first-order valence-corrected chi connectivity index (χ1v) is 5.44. The highest BCUT2D eigenvalue weighted by Gasteiger charge is 2.45. The topological polar surface area (TPSA) is 20.3 Å². The fraction of sp³-hybridized carbons (Fsp3) is 0.364. The smallest absolute Gasteiger partial charge is 0.234 e. The van der Waals surface area contributed by atoms with Crippen LogP contribution in [-0.2, 0) is 4.79 Å². The third-order valence-corrected chi connectivity index (χ3v) is 3.12. The molecule has 15 heavy (non-hydrogen) atoms. The third kappa shape index (κ3) is 1.72. The SMILES string of the molecule is CC1(C)CN(c2ccc(Cl)cc2Cl)C1=O. The van der Waals surface area contributed by atoms with Crippen LogP contribution in [0.15, 0.2) is 18.2 Å². The summed E-state index contributed by atoms with van der Waals surface area (Å²) in [5.74, 6) is 0.103. The molecular weight excluding hydrogens is 233 g/mol. The van der Waals surface area contributed by atoms with Crippen LogP contribution in [0.25, 0.3) is 0 Å².